The summed E-state index contributed by atoms with van der Waals surface area (Å²) in [4.78, 5) is 24.6. The maximum Gasteiger partial charge on any atom is 0.305 e. The van der Waals surface area contributed by atoms with Crippen molar-refractivity contribution in [3.63, 3.8) is 0 Å². The molecule has 0 fully saturated rings. The first kappa shape index (κ1) is 75.1. The molecule has 454 valence electrons. The molecule has 0 rings (SSSR count). The van der Waals surface area contributed by atoms with Gasteiger partial charge in [-0.05, 0) is 83.5 Å². The van der Waals surface area contributed by atoms with Crippen molar-refractivity contribution in [2.45, 2.75) is 392 Å². The number of ether oxygens (including phenoxy) is 1. The number of hydrogen-bond acceptors (Lipinski definition) is 5. The summed E-state index contributed by atoms with van der Waals surface area (Å²) in [5, 5.41) is 23.2. The SMILES string of the molecule is CCCCCCCCC/C=C\CCCCCCCCCC(=O)OCCCCCCCCCCCCCC/C=C\CCCCCCCCCCCCC(=O)NC(CO)C(O)/C=C/CCCCCCCCCCCCCCCC. The van der Waals surface area contributed by atoms with Crippen LogP contribution in [0.2, 0.25) is 0 Å². The lowest BCUT2D eigenvalue weighted by atomic mass is 10.0. The summed E-state index contributed by atoms with van der Waals surface area (Å²) in [5.74, 6) is -0.0563. The standard InChI is InChI=1S/C71H135NO5/c1-3-5-7-9-11-13-15-17-19-21-33-37-41-45-49-53-57-61-65-71(76)77-66-62-58-54-50-46-42-38-34-31-29-27-25-23-22-24-26-28-30-32-36-40-44-48-52-56-60-64-70(75)72-68(67-73)69(74)63-59-55-51-47-43-39-35-20-18-16-14-12-10-8-6-4-2/h19,21-22,24,59,63,68-69,73-74H,3-18,20,23,25-58,60-62,64-67H2,1-2H3,(H,72,75)/b21-19-,24-22-,63-59+. The molecule has 0 aromatic rings. The van der Waals surface area contributed by atoms with E-state index < -0.39 is 12.1 Å². The molecule has 6 heteroatoms. The first-order chi connectivity index (χ1) is 38.0. The fourth-order valence-electron chi connectivity index (χ4n) is 10.8. The molecule has 0 aliphatic carbocycles. The van der Waals surface area contributed by atoms with Crippen LogP contribution < -0.4 is 5.32 Å². The Morgan fingerprint density at radius 1 is 0.351 bits per heavy atom. The van der Waals surface area contributed by atoms with Crippen LogP contribution >= 0.6 is 0 Å². The number of hydrogen-bond donors (Lipinski definition) is 3. The molecule has 1 amide bonds. The number of unbranched alkanes of at least 4 members (excludes halogenated alkanes) is 50. The highest BCUT2D eigenvalue weighted by Crippen LogP contribution is 2.18. The first-order valence-corrected chi connectivity index (χ1v) is 34.8. The molecule has 0 aromatic carbocycles. The van der Waals surface area contributed by atoms with Crippen molar-refractivity contribution >= 4 is 11.9 Å². The van der Waals surface area contributed by atoms with Gasteiger partial charge in [0.25, 0.3) is 0 Å². The van der Waals surface area contributed by atoms with Crippen LogP contribution in [0, 0.1) is 0 Å². The number of amides is 1. The number of aliphatic hydroxyl groups excluding tert-OH is 2. The van der Waals surface area contributed by atoms with Crippen LogP contribution in [0.5, 0.6) is 0 Å². The summed E-state index contributed by atoms with van der Waals surface area (Å²) in [7, 11) is 0. The van der Waals surface area contributed by atoms with Crippen molar-refractivity contribution in [1.29, 1.82) is 0 Å². The fourth-order valence-corrected chi connectivity index (χ4v) is 10.8. The van der Waals surface area contributed by atoms with Crippen molar-refractivity contribution in [2.24, 2.45) is 0 Å². The largest absolute Gasteiger partial charge is 0.466 e. The average Bonchev–Trinajstić information content (AvgIpc) is 3.43. The van der Waals surface area contributed by atoms with Crippen LogP contribution in [0.3, 0.4) is 0 Å². The van der Waals surface area contributed by atoms with Gasteiger partial charge in [0.1, 0.15) is 0 Å². The van der Waals surface area contributed by atoms with E-state index in [4.69, 9.17) is 4.74 Å². The normalized spacial score (nSPS) is 12.7. The highest BCUT2D eigenvalue weighted by Gasteiger charge is 2.18. The third-order valence-electron chi connectivity index (χ3n) is 16.1. The van der Waals surface area contributed by atoms with E-state index in [1.54, 1.807) is 6.08 Å². The van der Waals surface area contributed by atoms with Gasteiger partial charge in [-0.15, -0.1) is 0 Å². The molecule has 0 aliphatic rings. The molecule has 0 radical (unpaired) electrons. The Hall–Kier alpha value is -1.92. The number of rotatable bonds is 65. The Kier molecular flexibility index (Phi) is 64.9. The minimum Gasteiger partial charge on any atom is -0.466 e. The van der Waals surface area contributed by atoms with Gasteiger partial charge in [0.2, 0.25) is 5.91 Å². The van der Waals surface area contributed by atoms with E-state index in [9.17, 15) is 19.8 Å². The van der Waals surface area contributed by atoms with Gasteiger partial charge < -0.3 is 20.3 Å². The zero-order valence-corrected chi connectivity index (χ0v) is 52.0. The second kappa shape index (κ2) is 66.6. The van der Waals surface area contributed by atoms with Gasteiger partial charge in [0.15, 0.2) is 0 Å². The third-order valence-corrected chi connectivity index (χ3v) is 16.1. The predicted molar refractivity (Wildman–Crippen MR) is 338 cm³/mol. The van der Waals surface area contributed by atoms with E-state index in [1.807, 2.05) is 6.08 Å². The Morgan fingerprint density at radius 3 is 0.922 bits per heavy atom. The topological polar surface area (TPSA) is 95.9 Å². The highest BCUT2D eigenvalue weighted by molar-refractivity contribution is 5.76. The van der Waals surface area contributed by atoms with Gasteiger partial charge in [0.05, 0.1) is 25.4 Å². The molecule has 6 nitrogen and oxygen atoms in total. The average molecular weight is 1080 g/mol. The monoisotopic (exact) mass is 1080 g/mol. The van der Waals surface area contributed by atoms with E-state index in [-0.39, 0.29) is 18.5 Å². The number of esters is 1. The molecule has 0 aromatic heterocycles. The summed E-state index contributed by atoms with van der Waals surface area (Å²) in [6.45, 7) is 4.93. The Morgan fingerprint density at radius 2 is 0.610 bits per heavy atom. The molecular weight excluding hydrogens is 947 g/mol. The molecule has 2 unspecified atom stereocenters. The van der Waals surface area contributed by atoms with Crippen molar-refractivity contribution in [1.82, 2.24) is 5.32 Å². The van der Waals surface area contributed by atoms with E-state index in [0.717, 1.165) is 44.9 Å². The molecule has 0 spiro atoms. The molecule has 77 heavy (non-hydrogen) atoms. The molecular formula is C71H135NO5. The fraction of sp³-hybridized carbons (Fsp3) is 0.887. The van der Waals surface area contributed by atoms with Crippen molar-refractivity contribution in [3.8, 4) is 0 Å². The minimum atomic E-state index is -0.846. The Balaban J connectivity index is 3.40. The zero-order chi connectivity index (χ0) is 55.7. The van der Waals surface area contributed by atoms with Crippen molar-refractivity contribution in [3.05, 3.63) is 36.5 Å². The summed E-state index contributed by atoms with van der Waals surface area (Å²) >= 11 is 0. The number of allylic oxidation sites excluding steroid dienone is 5. The smallest absolute Gasteiger partial charge is 0.305 e. The summed E-state index contributed by atoms with van der Waals surface area (Å²) in [5.41, 5.74) is 0. The van der Waals surface area contributed by atoms with Crippen LogP contribution in [0.15, 0.2) is 36.5 Å². The first-order valence-electron chi connectivity index (χ1n) is 34.8. The predicted octanol–water partition coefficient (Wildman–Crippen LogP) is 22.3. The van der Waals surface area contributed by atoms with Crippen molar-refractivity contribution in [2.75, 3.05) is 13.2 Å². The summed E-state index contributed by atoms with van der Waals surface area (Å²) < 4.78 is 5.50. The van der Waals surface area contributed by atoms with E-state index in [0.29, 0.717) is 19.4 Å². The Labute approximate surface area is 481 Å². The second-order valence-corrected chi connectivity index (χ2v) is 23.9. The van der Waals surface area contributed by atoms with Crippen LogP contribution in [0.25, 0.3) is 0 Å². The summed E-state index contributed by atoms with van der Waals surface area (Å²) in [6.07, 6.45) is 85.0. The third kappa shape index (κ3) is 63.1. The zero-order valence-electron chi connectivity index (χ0n) is 52.0. The molecule has 0 aliphatic heterocycles. The lowest BCUT2D eigenvalue weighted by Crippen LogP contribution is -2.45. The van der Waals surface area contributed by atoms with Crippen LogP contribution in [0.4, 0.5) is 0 Å². The van der Waals surface area contributed by atoms with Gasteiger partial charge in [0, 0.05) is 12.8 Å². The van der Waals surface area contributed by atoms with Crippen LogP contribution in [0.1, 0.15) is 380 Å². The molecule has 0 heterocycles. The quantitative estimate of drug-likeness (QED) is 0.0320. The molecule has 0 saturated carbocycles. The highest BCUT2D eigenvalue weighted by atomic mass is 16.5. The number of aliphatic hydroxyl groups is 2. The minimum absolute atomic E-state index is 0.0114. The number of carbonyl (C=O) groups excluding carboxylic acids is 2. The molecule has 0 saturated heterocycles. The van der Waals surface area contributed by atoms with Gasteiger partial charge in [-0.25, -0.2) is 0 Å². The maximum atomic E-state index is 12.5. The lowest BCUT2D eigenvalue weighted by Gasteiger charge is -2.20. The number of nitrogens with one attached hydrogen (secondary N) is 1. The van der Waals surface area contributed by atoms with Gasteiger partial charge in [-0.1, -0.05) is 320 Å². The van der Waals surface area contributed by atoms with Crippen LogP contribution in [-0.4, -0.2) is 47.4 Å². The Bertz CT molecular complexity index is 1250. The molecule has 2 atom stereocenters. The van der Waals surface area contributed by atoms with E-state index in [1.165, 1.54) is 308 Å². The molecule has 0 bridgehead atoms. The van der Waals surface area contributed by atoms with Gasteiger partial charge in [-0.3, -0.25) is 9.59 Å². The van der Waals surface area contributed by atoms with Crippen molar-refractivity contribution < 1.29 is 24.5 Å². The van der Waals surface area contributed by atoms with E-state index >= 15 is 0 Å². The summed E-state index contributed by atoms with van der Waals surface area (Å²) in [6, 6.07) is -0.630. The maximum absolute atomic E-state index is 12.5. The number of carbonyl (C=O) groups is 2. The van der Waals surface area contributed by atoms with E-state index in [2.05, 4.69) is 43.5 Å². The second-order valence-electron chi connectivity index (χ2n) is 23.9. The van der Waals surface area contributed by atoms with Gasteiger partial charge in [-0.2, -0.15) is 0 Å². The molecule has 3 N–H and O–H groups in total. The van der Waals surface area contributed by atoms with Crippen LogP contribution in [-0.2, 0) is 14.3 Å². The van der Waals surface area contributed by atoms with Gasteiger partial charge >= 0.3 is 5.97 Å². The lowest BCUT2D eigenvalue weighted by molar-refractivity contribution is -0.143.